The van der Waals surface area contributed by atoms with E-state index < -0.39 is 11.8 Å². The smallest absolute Gasteiger partial charge is 0.372 e. The molecule has 6 heteroatoms. The summed E-state index contributed by atoms with van der Waals surface area (Å²) in [5, 5.41) is 10.4. The van der Waals surface area contributed by atoms with Crippen molar-refractivity contribution in [3.05, 3.63) is 23.0 Å². The van der Waals surface area contributed by atoms with Crippen LogP contribution in [-0.4, -0.2) is 26.2 Å². The van der Waals surface area contributed by atoms with Gasteiger partial charge in [-0.25, -0.2) is 9.78 Å². The van der Waals surface area contributed by atoms with Gasteiger partial charge in [0.15, 0.2) is 4.96 Å². The van der Waals surface area contributed by atoms with Crippen LogP contribution in [0.5, 0.6) is 0 Å². The molecule has 0 radical (unpaired) electrons. The number of carboxylic acid groups (broad SMARTS) is 1. The SMILES string of the molecule is Cc1nc2sccn2c1CC(=O)C(=O)O. The number of nitrogens with zero attached hydrogens (tertiary/aromatic N) is 2. The van der Waals surface area contributed by atoms with Gasteiger partial charge in [-0.1, -0.05) is 0 Å². The van der Waals surface area contributed by atoms with Crippen molar-refractivity contribution in [2.75, 3.05) is 0 Å². The number of aromatic nitrogens is 2. The van der Waals surface area contributed by atoms with Crippen LogP contribution in [0.15, 0.2) is 11.6 Å². The van der Waals surface area contributed by atoms with Crippen molar-refractivity contribution in [1.29, 1.82) is 0 Å². The van der Waals surface area contributed by atoms with E-state index in [2.05, 4.69) is 4.98 Å². The Labute approximate surface area is 89.0 Å². The number of imidazole rings is 1. The number of hydrogen-bond acceptors (Lipinski definition) is 4. The summed E-state index contributed by atoms with van der Waals surface area (Å²) in [6, 6.07) is 0. The first-order valence-corrected chi connectivity index (χ1v) is 5.14. The van der Waals surface area contributed by atoms with E-state index in [1.165, 1.54) is 11.3 Å². The third-order valence-corrected chi connectivity index (χ3v) is 2.88. The minimum atomic E-state index is -1.40. The lowest BCUT2D eigenvalue weighted by molar-refractivity contribution is -0.148. The Bertz CT molecular complexity index is 541. The summed E-state index contributed by atoms with van der Waals surface area (Å²) in [7, 11) is 0. The van der Waals surface area contributed by atoms with Crippen LogP contribution >= 0.6 is 11.3 Å². The number of aryl methyl sites for hydroxylation is 1. The van der Waals surface area contributed by atoms with Crippen LogP contribution in [0.2, 0.25) is 0 Å². The van der Waals surface area contributed by atoms with Crippen molar-refractivity contribution in [2.45, 2.75) is 13.3 Å². The van der Waals surface area contributed by atoms with Crippen LogP contribution in [0, 0.1) is 6.92 Å². The first kappa shape index (κ1) is 9.85. The van der Waals surface area contributed by atoms with Gasteiger partial charge in [0.1, 0.15) is 0 Å². The largest absolute Gasteiger partial charge is 0.475 e. The van der Waals surface area contributed by atoms with Gasteiger partial charge in [0.05, 0.1) is 17.8 Å². The van der Waals surface area contributed by atoms with Gasteiger partial charge in [-0.3, -0.25) is 9.20 Å². The topological polar surface area (TPSA) is 71.7 Å². The number of hydrogen-bond donors (Lipinski definition) is 1. The molecule has 0 spiro atoms. The molecule has 5 nitrogen and oxygen atoms in total. The molecule has 0 amide bonds. The van der Waals surface area contributed by atoms with Gasteiger partial charge < -0.3 is 5.11 Å². The minimum absolute atomic E-state index is 0.112. The molecule has 0 aliphatic rings. The predicted molar refractivity (Wildman–Crippen MR) is 54.2 cm³/mol. The second-order valence-electron chi connectivity index (χ2n) is 3.10. The molecular formula is C9H8N2O3S. The summed E-state index contributed by atoms with van der Waals surface area (Å²) in [6.45, 7) is 1.77. The summed E-state index contributed by atoms with van der Waals surface area (Å²) in [4.78, 5) is 26.5. The zero-order chi connectivity index (χ0) is 11.0. The molecule has 2 rings (SSSR count). The average Bonchev–Trinajstić information content (AvgIpc) is 2.69. The lowest BCUT2D eigenvalue weighted by atomic mass is 10.2. The van der Waals surface area contributed by atoms with E-state index in [9.17, 15) is 9.59 Å². The van der Waals surface area contributed by atoms with Gasteiger partial charge in [0.25, 0.3) is 0 Å². The van der Waals surface area contributed by atoms with Gasteiger partial charge in [-0.2, -0.15) is 0 Å². The lowest BCUT2D eigenvalue weighted by Crippen LogP contribution is -2.16. The van der Waals surface area contributed by atoms with E-state index in [0.717, 1.165) is 4.96 Å². The van der Waals surface area contributed by atoms with E-state index in [0.29, 0.717) is 11.4 Å². The average molecular weight is 224 g/mol. The molecule has 0 saturated carbocycles. The van der Waals surface area contributed by atoms with Crippen molar-refractivity contribution in [3.63, 3.8) is 0 Å². The normalized spacial score (nSPS) is 10.7. The highest BCUT2D eigenvalue weighted by Crippen LogP contribution is 2.17. The standard InChI is InChI=1S/C9H8N2O3S/c1-5-6(4-7(12)8(13)14)11-2-3-15-9(11)10-5/h2-3H,4H2,1H3,(H,13,14). The summed E-state index contributed by atoms with van der Waals surface area (Å²) in [6.07, 6.45) is 1.67. The maximum Gasteiger partial charge on any atom is 0.372 e. The predicted octanol–water partition coefficient (Wildman–Crippen LogP) is 0.900. The number of carboxylic acids is 1. The van der Waals surface area contributed by atoms with E-state index >= 15 is 0 Å². The first-order valence-electron chi connectivity index (χ1n) is 4.26. The highest BCUT2D eigenvalue weighted by Gasteiger charge is 2.17. The van der Waals surface area contributed by atoms with Crippen molar-refractivity contribution < 1.29 is 14.7 Å². The van der Waals surface area contributed by atoms with Crippen LogP contribution in [-0.2, 0) is 16.0 Å². The van der Waals surface area contributed by atoms with Gasteiger partial charge >= 0.3 is 5.97 Å². The van der Waals surface area contributed by atoms with Crippen LogP contribution in [0.4, 0.5) is 0 Å². The maximum atomic E-state index is 11.1. The molecule has 15 heavy (non-hydrogen) atoms. The fourth-order valence-corrected chi connectivity index (χ4v) is 2.16. The van der Waals surface area contributed by atoms with E-state index in [1.807, 2.05) is 5.38 Å². The molecule has 0 fully saturated rings. The summed E-state index contributed by atoms with van der Waals surface area (Å²) in [5.41, 5.74) is 1.36. The first-order chi connectivity index (χ1) is 7.09. The zero-order valence-corrected chi connectivity index (χ0v) is 8.74. The number of ketones is 1. The molecule has 0 aliphatic heterocycles. The number of fused-ring (bicyclic) bond motifs is 1. The quantitative estimate of drug-likeness (QED) is 0.786. The molecule has 0 saturated heterocycles. The monoisotopic (exact) mass is 224 g/mol. The summed E-state index contributed by atoms with van der Waals surface area (Å²) < 4.78 is 1.75. The van der Waals surface area contributed by atoms with Crippen molar-refractivity contribution in [1.82, 2.24) is 9.38 Å². The molecule has 2 aromatic rings. The Morgan fingerprint density at radius 1 is 1.60 bits per heavy atom. The molecule has 0 unspecified atom stereocenters. The van der Waals surface area contributed by atoms with Gasteiger partial charge in [0, 0.05) is 11.6 Å². The molecule has 78 valence electrons. The molecule has 1 N–H and O–H groups in total. The van der Waals surface area contributed by atoms with Crippen LogP contribution in [0.3, 0.4) is 0 Å². The third kappa shape index (κ3) is 1.63. The minimum Gasteiger partial charge on any atom is -0.475 e. The fourth-order valence-electron chi connectivity index (χ4n) is 1.38. The zero-order valence-electron chi connectivity index (χ0n) is 7.93. The Kier molecular flexibility index (Phi) is 2.28. The number of Topliss-reactive ketones (excluding diaryl/α,β-unsaturated/α-hetero) is 1. The van der Waals surface area contributed by atoms with Gasteiger partial charge in [-0.15, -0.1) is 11.3 Å². The van der Waals surface area contributed by atoms with Gasteiger partial charge in [0.2, 0.25) is 5.78 Å². The molecular weight excluding hydrogens is 216 g/mol. The molecule has 0 aromatic carbocycles. The molecule has 0 bridgehead atoms. The van der Waals surface area contributed by atoms with Crippen molar-refractivity contribution >= 4 is 28.1 Å². The van der Waals surface area contributed by atoms with Crippen molar-refractivity contribution in [2.24, 2.45) is 0 Å². The van der Waals surface area contributed by atoms with E-state index in [-0.39, 0.29) is 6.42 Å². The Morgan fingerprint density at radius 3 is 3.00 bits per heavy atom. The number of carbonyl (C=O) groups is 2. The number of rotatable bonds is 3. The third-order valence-electron chi connectivity index (χ3n) is 2.13. The molecule has 2 aromatic heterocycles. The van der Waals surface area contributed by atoms with Crippen molar-refractivity contribution in [3.8, 4) is 0 Å². The second-order valence-corrected chi connectivity index (χ2v) is 3.98. The second kappa shape index (κ2) is 3.47. The lowest BCUT2D eigenvalue weighted by Gasteiger charge is -1.96. The van der Waals surface area contributed by atoms with Crippen LogP contribution in [0.25, 0.3) is 4.96 Å². The Balaban J connectivity index is 2.42. The number of thiazole rings is 1. The van der Waals surface area contributed by atoms with E-state index in [4.69, 9.17) is 5.11 Å². The highest BCUT2D eigenvalue weighted by molar-refractivity contribution is 7.15. The molecule has 2 heterocycles. The Morgan fingerprint density at radius 2 is 2.33 bits per heavy atom. The highest BCUT2D eigenvalue weighted by atomic mass is 32.1. The van der Waals surface area contributed by atoms with Gasteiger partial charge in [-0.05, 0) is 6.92 Å². The fraction of sp³-hybridized carbons (Fsp3) is 0.222. The molecule has 0 atom stereocenters. The number of aliphatic carboxylic acids is 1. The van der Waals surface area contributed by atoms with E-state index in [1.54, 1.807) is 17.5 Å². The Hall–Kier alpha value is -1.69. The summed E-state index contributed by atoms with van der Waals surface area (Å²) in [5.74, 6) is -2.22. The number of carbonyl (C=O) groups excluding carboxylic acids is 1. The maximum absolute atomic E-state index is 11.1. The molecule has 0 aliphatic carbocycles. The summed E-state index contributed by atoms with van der Waals surface area (Å²) >= 11 is 1.45. The van der Waals surface area contributed by atoms with Crippen LogP contribution < -0.4 is 0 Å². The van der Waals surface area contributed by atoms with Crippen LogP contribution in [0.1, 0.15) is 11.4 Å².